The van der Waals surface area contributed by atoms with Crippen molar-refractivity contribution in [1.29, 1.82) is 0 Å². The SMILES string of the molecule is C=C(CC)c1ccc2c(c1)C[C@H]1C(c3cc(C)cc(CC)c3)[C@H]21.[HH]. The first-order valence-electron chi connectivity index (χ1n) is 9.03. The molecule has 0 aromatic heterocycles. The fourth-order valence-corrected chi connectivity index (χ4v) is 4.58. The van der Waals surface area contributed by atoms with Crippen LogP contribution in [0.3, 0.4) is 0 Å². The van der Waals surface area contributed by atoms with Crippen molar-refractivity contribution in [3.8, 4) is 0 Å². The maximum absolute atomic E-state index is 4.19. The lowest BCUT2D eigenvalue weighted by Crippen LogP contribution is -1.97. The Morgan fingerprint density at radius 1 is 1.13 bits per heavy atom. The maximum Gasteiger partial charge on any atom is 0 e. The Morgan fingerprint density at radius 3 is 2.70 bits per heavy atom. The van der Waals surface area contributed by atoms with Crippen molar-refractivity contribution in [1.82, 2.24) is 0 Å². The number of rotatable bonds is 4. The van der Waals surface area contributed by atoms with Gasteiger partial charge in [-0.05, 0) is 77.3 Å². The highest BCUT2D eigenvalue weighted by molar-refractivity contribution is 5.66. The molecule has 23 heavy (non-hydrogen) atoms. The zero-order valence-corrected chi connectivity index (χ0v) is 14.5. The normalized spacial score (nSPS) is 24.2. The van der Waals surface area contributed by atoms with Gasteiger partial charge in [0.05, 0.1) is 0 Å². The third-order valence-electron chi connectivity index (χ3n) is 5.91. The van der Waals surface area contributed by atoms with Crippen LogP contribution in [0.1, 0.15) is 66.9 Å². The minimum atomic E-state index is 0. The van der Waals surface area contributed by atoms with Crippen molar-refractivity contribution < 1.29 is 1.43 Å². The largest absolute Gasteiger partial charge is 0.0952 e. The summed E-state index contributed by atoms with van der Waals surface area (Å²) in [6.45, 7) is 10.9. The molecule has 0 N–H and O–H groups in total. The summed E-state index contributed by atoms with van der Waals surface area (Å²) in [5.41, 5.74) is 10.3. The average molecular weight is 304 g/mol. The molecule has 2 aliphatic carbocycles. The highest BCUT2D eigenvalue weighted by atomic mass is 14.6. The molecule has 1 fully saturated rings. The van der Waals surface area contributed by atoms with Gasteiger partial charge < -0.3 is 0 Å². The monoisotopic (exact) mass is 304 g/mol. The molecule has 0 heterocycles. The Balaban J connectivity index is 0.00000169. The molecule has 0 radical (unpaired) electrons. The van der Waals surface area contributed by atoms with Crippen LogP contribution in [-0.4, -0.2) is 0 Å². The third-order valence-corrected chi connectivity index (χ3v) is 5.91. The van der Waals surface area contributed by atoms with Crippen LogP contribution in [-0.2, 0) is 12.8 Å². The van der Waals surface area contributed by atoms with Gasteiger partial charge in [-0.15, -0.1) is 0 Å². The first-order chi connectivity index (χ1) is 11.1. The zero-order chi connectivity index (χ0) is 16.1. The molecule has 2 aliphatic rings. The number of hydrogen-bond acceptors (Lipinski definition) is 0. The van der Waals surface area contributed by atoms with Gasteiger partial charge in [-0.1, -0.05) is 62.4 Å². The van der Waals surface area contributed by atoms with E-state index in [1.807, 2.05) is 0 Å². The number of allylic oxidation sites excluding steroid dienone is 1. The highest BCUT2D eigenvalue weighted by Gasteiger charge is 2.56. The van der Waals surface area contributed by atoms with E-state index in [1.165, 1.54) is 28.7 Å². The lowest BCUT2D eigenvalue weighted by molar-refractivity contribution is 0.811. The summed E-state index contributed by atoms with van der Waals surface area (Å²) >= 11 is 0. The first-order valence-corrected chi connectivity index (χ1v) is 9.03. The van der Waals surface area contributed by atoms with E-state index in [2.05, 4.69) is 63.7 Å². The van der Waals surface area contributed by atoms with E-state index in [0.717, 1.165) is 30.6 Å². The van der Waals surface area contributed by atoms with Crippen molar-refractivity contribution in [3.05, 3.63) is 76.4 Å². The van der Waals surface area contributed by atoms with Gasteiger partial charge in [0.15, 0.2) is 0 Å². The smallest absolute Gasteiger partial charge is 0 e. The maximum atomic E-state index is 4.19. The summed E-state index contributed by atoms with van der Waals surface area (Å²) in [4.78, 5) is 0. The Hall–Kier alpha value is -1.82. The highest BCUT2D eigenvalue weighted by Crippen LogP contribution is 2.66. The van der Waals surface area contributed by atoms with E-state index in [4.69, 9.17) is 0 Å². The van der Waals surface area contributed by atoms with Crippen molar-refractivity contribution >= 4 is 5.57 Å². The second-order valence-corrected chi connectivity index (χ2v) is 7.40. The summed E-state index contributed by atoms with van der Waals surface area (Å²) in [5.74, 6) is 2.36. The Labute approximate surface area is 141 Å². The summed E-state index contributed by atoms with van der Waals surface area (Å²) in [7, 11) is 0. The van der Waals surface area contributed by atoms with Crippen LogP contribution in [0.5, 0.6) is 0 Å². The average Bonchev–Trinajstić information content (AvgIpc) is 3.15. The van der Waals surface area contributed by atoms with Crippen LogP contribution >= 0.6 is 0 Å². The molecule has 1 saturated carbocycles. The number of aryl methyl sites for hydroxylation is 2. The first kappa shape index (κ1) is 14.8. The van der Waals surface area contributed by atoms with E-state index in [1.54, 1.807) is 16.7 Å². The van der Waals surface area contributed by atoms with Crippen molar-refractivity contribution in [3.63, 3.8) is 0 Å². The standard InChI is InChI=1S/C23H26.H2/c1-5-15(4)17-7-8-20-18(12-17)13-21-22(23(20)21)19-10-14(3)9-16(6-2)11-19;/h7-12,21-23H,4-6,13H2,1-3H3;1H/t21-,22?,23+;/m0./s1. The topological polar surface area (TPSA) is 0 Å². The van der Waals surface area contributed by atoms with Crippen LogP contribution in [0.15, 0.2) is 43.0 Å². The minimum absolute atomic E-state index is 0. The number of hydrogen-bond donors (Lipinski definition) is 0. The van der Waals surface area contributed by atoms with E-state index in [9.17, 15) is 0 Å². The molecule has 0 heteroatoms. The lowest BCUT2D eigenvalue weighted by Gasteiger charge is -2.12. The molecule has 120 valence electrons. The van der Waals surface area contributed by atoms with E-state index >= 15 is 0 Å². The van der Waals surface area contributed by atoms with Gasteiger partial charge in [0.25, 0.3) is 0 Å². The van der Waals surface area contributed by atoms with Crippen molar-refractivity contribution in [2.75, 3.05) is 0 Å². The van der Waals surface area contributed by atoms with Crippen LogP contribution in [0.4, 0.5) is 0 Å². The number of fused-ring (bicyclic) bond motifs is 3. The Morgan fingerprint density at radius 2 is 1.96 bits per heavy atom. The Kier molecular flexibility index (Phi) is 3.44. The molecule has 2 aromatic carbocycles. The second-order valence-electron chi connectivity index (χ2n) is 7.40. The van der Waals surface area contributed by atoms with Crippen molar-refractivity contribution in [2.24, 2.45) is 5.92 Å². The molecule has 0 amide bonds. The quantitative estimate of drug-likeness (QED) is 0.623. The van der Waals surface area contributed by atoms with Crippen molar-refractivity contribution in [2.45, 2.75) is 51.9 Å². The fourth-order valence-electron chi connectivity index (χ4n) is 4.58. The van der Waals surface area contributed by atoms with E-state index in [-0.39, 0.29) is 1.43 Å². The molecule has 0 nitrogen and oxygen atoms in total. The predicted octanol–water partition coefficient (Wildman–Crippen LogP) is 6.28. The molecule has 0 aliphatic heterocycles. The molecule has 3 atom stereocenters. The lowest BCUT2D eigenvalue weighted by atomic mass is 9.93. The predicted molar refractivity (Wildman–Crippen MR) is 101 cm³/mol. The van der Waals surface area contributed by atoms with Gasteiger partial charge in [-0.2, -0.15) is 0 Å². The molecule has 1 unspecified atom stereocenters. The molecule has 0 spiro atoms. The third kappa shape index (κ3) is 2.36. The minimum Gasteiger partial charge on any atom is -0.0952 e. The van der Waals surface area contributed by atoms with Gasteiger partial charge in [0, 0.05) is 1.43 Å². The summed E-state index contributed by atoms with van der Waals surface area (Å²) in [5, 5.41) is 0. The molecule has 4 rings (SSSR count). The summed E-state index contributed by atoms with van der Waals surface area (Å²) in [6.07, 6.45) is 3.43. The number of benzene rings is 2. The van der Waals surface area contributed by atoms with Gasteiger partial charge >= 0.3 is 0 Å². The van der Waals surface area contributed by atoms with Gasteiger partial charge in [-0.25, -0.2) is 0 Å². The van der Waals surface area contributed by atoms with Crippen LogP contribution in [0, 0.1) is 12.8 Å². The fraction of sp³-hybridized carbons (Fsp3) is 0.391. The molecule has 0 bridgehead atoms. The molecular formula is C23H28. The van der Waals surface area contributed by atoms with Crippen LogP contribution in [0.2, 0.25) is 0 Å². The van der Waals surface area contributed by atoms with Crippen LogP contribution in [0.25, 0.3) is 5.57 Å². The van der Waals surface area contributed by atoms with Gasteiger partial charge in [0.1, 0.15) is 0 Å². The van der Waals surface area contributed by atoms with Gasteiger partial charge in [-0.3, -0.25) is 0 Å². The summed E-state index contributed by atoms with van der Waals surface area (Å²) in [6, 6.07) is 14.3. The molecule has 2 aromatic rings. The van der Waals surface area contributed by atoms with E-state index < -0.39 is 0 Å². The van der Waals surface area contributed by atoms with Crippen LogP contribution < -0.4 is 0 Å². The molecule has 0 saturated heterocycles. The Bertz CT molecular complexity index is 787. The van der Waals surface area contributed by atoms with Gasteiger partial charge in [0.2, 0.25) is 0 Å². The van der Waals surface area contributed by atoms with E-state index in [0.29, 0.717) is 0 Å². The second kappa shape index (κ2) is 5.37. The summed E-state index contributed by atoms with van der Waals surface area (Å²) < 4.78 is 0. The molecular weight excluding hydrogens is 276 g/mol. The zero-order valence-electron chi connectivity index (χ0n) is 14.5.